The number of benzene rings is 1. The molecule has 8 nitrogen and oxygen atoms in total. The Bertz CT molecular complexity index is 1040. The molecular weight excluding hydrogens is 396 g/mol. The van der Waals surface area contributed by atoms with Crippen LogP contribution in [0.2, 0.25) is 0 Å². The molecule has 3 rings (SSSR count). The normalized spacial score (nSPS) is 11.7. The van der Waals surface area contributed by atoms with E-state index in [1.165, 1.54) is 6.26 Å². The first kappa shape index (κ1) is 20.8. The van der Waals surface area contributed by atoms with Crippen molar-refractivity contribution in [1.29, 1.82) is 0 Å². The first-order chi connectivity index (χ1) is 13.8. The van der Waals surface area contributed by atoms with Crippen LogP contribution in [-0.4, -0.2) is 26.1 Å². The summed E-state index contributed by atoms with van der Waals surface area (Å²) >= 11 is 0. The molecule has 29 heavy (non-hydrogen) atoms. The Balaban J connectivity index is 1.44. The number of sulfonamides is 1. The van der Waals surface area contributed by atoms with Gasteiger partial charge in [-0.3, -0.25) is 4.79 Å². The highest BCUT2D eigenvalue weighted by Gasteiger charge is 2.15. The molecule has 2 heterocycles. The van der Waals surface area contributed by atoms with Crippen molar-refractivity contribution in [3.63, 3.8) is 0 Å². The summed E-state index contributed by atoms with van der Waals surface area (Å²) < 4.78 is 42.4. The number of ether oxygens (including phenoxy) is 1. The SMILES string of the molecule is CC(C)c1ccc(S(=O)(=O)NCCC(=O)OCc2cc(-c3ccco3)on2)cc1. The number of rotatable bonds is 9. The van der Waals surface area contributed by atoms with Gasteiger partial charge in [0.1, 0.15) is 12.3 Å². The van der Waals surface area contributed by atoms with E-state index in [0.717, 1.165) is 5.56 Å². The third-order valence-electron chi connectivity index (χ3n) is 4.18. The lowest BCUT2D eigenvalue weighted by molar-refractivity contribution is -0.144. The molecule has 0 spiro atoms. The van der Waals surface area contributed by atoms with Crippen molar-refractivity contribution < 1.29 is 26.9 Å². The highest BCUT2D eigenvalue weighted by molar-refractivity contribution is 7.89. The van der Waals surface area contributed by atoms with Gasteiger partial charge in [-0.15, -0.1) is 0 Å². The molecule has 0 amide bonds. The maximum atomic E-state index is 12.3. The number of esters is 1. The van der Waals surface area contributed by atoms with Crippen LogP contribution in [0.15, 0.2) is 62.6 Å². The second kappa shape index (κ2) is 9.06. The van der Waals surface area contributed by atoms with Gasteiger partial charge in [0.2, 0.25) is 15.8 Å². The molecule has 0 aliphatic carbocycles. The minimum absolute atomic E-state index is 0.0659. The van der Waals surface area contributed by atoms with Gasteiger partial charge in [0, 0.05) is 12.6 Å². The first-order valence-corrected chi connectivity index (χ1v) is 10.6. The molecule has 0 aliphatic heterocycles. The van der Waals surface area contributed by atoms with Crippen molar-refractivity contribution in [1.82, 2.24) is 9.88 Å². The van der Waals surface area contributed by atoms with Crippen LogP contribution in [0.25, 0.3) is 11.5 Å². The first-order valence-electron chi connectivity index (χ1n) is 9.10. The summed E-state index contributed by atoms with van der Waals surface area (Å²) in [6.45, 7) is 3.92. The number of aromatic nitrogens is 1. The molecule has 1 aromatic carbocycles. The average molecular weight is 418 g/mol. The molecule has 3 aromatic rings. The highest BCUT2D eigenvalue weighted by Crippen LogP contribution is 2.21. The van der Waals surface area contributed by atoms with Gasteiger partial charge < -0.3 is 13.7 Å². The van der Waals surface area contributed by atoms with Crippen molar-refractivity contribution in [3.05, 3.63) is 60.0 Å². The van der Waals surface area contributed by atoms with Crippen LogP contribution < -0.4 is 4.72 Å². The Labute approximate surface area is 168 Å². The molecule has 0 atom stereocenters. The number of nitrogens with one attached hydrogen (secondary N) is 1. The van der Waals surface area contributed by atoms with Crippen molar-refractivity contribution in [3.8, 4) is 11.5 Å². The van der Waals surface area contributed by atoms with E-state index in [2.05, 4.69) is 9.88 Å². The summed E-state index contributed by atoms with van der Waals surface area (Å²) in [6.07, 6.45) is 1.41. The number of furan rings is 1. The molecule has 0 unspecified atom stereocenters. The third-order valence-corrected chi connectivity index (χ3v) is 5.66. The molecule has 0 saturated carbocycles. The zero-order valence-electron chi connectivity index (χ0n) is 16.1. The number of carbonyl (C=O) groups is 1. The lowest BCUT2D eigenvalue weighted by Gasteiger charge is -2.09. The van der Waals surface area contributed by atoms with Gasteiger partial charge in [-0.05, 0) is 35.7 Å². The molecule has 0 radical (unpaired) electrons. The molecule has 0 fully saturated rings. The van der Waals surface area contributed by atoms with Gasteiger partial charge in [0.15, 0.2) is 5.76 Å². The molecule has 154 valence electrons. The lowest BCUT2D eigenvalue weighted by atomic mass is 10.0. The van der Waals surface area contributed by atoms with Crippen LogP contribution in [0, 0.1) is 0 Å². The van der Waals surface area contributed by atoms with E-state index in [9.17, 15) is 13.2 Å². The highest BCUT2D eigenvalue weighted by atomic mass is 32.2. The smallest absolute Gasteiger partial charge is 0.307 e. The molecular formula is C20H22N2O6S. The van der Waals surface area contributed by atoms with Crippen LogP contribution in [0.1, 0.15) is 37.4 Å². The Morgan fingerprint density at radius 2 is 1.93 bits per heavy atom. The van der Waals surface area contributed by atoms with E-state index in [0.29, 0.717) is 23.1 Å². The van der Waals surface area contributed by atoms with Crippen LogP contribution in [0.3, 0.4) is 0 Å². The molecule has 1 N–H and O–H groups in total. The second-order valence-corrected chi connectivity index (χ2v) is 8.46. The second-order valence-electron chi connectivity index (χ2n) is 6.69. The van der Waals surface area contributed by atoms with E-state index < -0.39 is 16.0 Å². The molecule has 0 bridgehead atoms. The molecule has 2 aromatic heterocycles. The fraction of sp³-hybridized carbons (Fsp3) is 0.300. The molecule has 0 aliphatic rings. The summed E-state index contributed by atoms with van der Waals surface area (Å²) in [4.78, 5) is 12.0. The van der Waals surface area contributed by atoms with E-state index in [1.54, 1.807) is 42.5 Å². The largest absolute Gasteiger partial charge is 0.461 e. The minimum atomic E-state index is -3.68. The summed E-state index contributed by atoms with van der Waals surface area (Å²) in [5, 5.41) is 3.80. The van der Waals surface area contributed by atoms with E-state index >= 15 is 0 Å². The summed E-state index contributed by atoms with van der Waals surface area (Å²) in [7, 11) is -3.68. The maximum Gasteiger partial charge on any atom is 0.307 e. The van der Waals surface area contributed by atoms with E-state index in [4.69, 9.17) is 13.7 Å². The number of nitrogens with zero attached hydrogens (tertiary/aromatic N) is 1. The van der Waals surface area contributed by atoms with Crippen molar-refractivity contribution in [2.45, 2.75) is 37.7 Å². The summed E-state index contributed by atoms with van der Waals surface area (Å²) in [6, 6.07) is 11.7. The Morgan fingerprint density at radius 1 is 1.17 bits per heavy atom. The number of hydrogen-bond donors (Lipinski definition) is 1. The Hall–Kier alpha value is -2.91. The van der Waals surface area contributed by atoms with Crippen LogP contribution in [-0.2, 0) is 26.2 Å². The number of carbonyl (C=O) groups excluding carboxylic acids is 1. The van der Waals surface area contributed by atoms with Gasteiger partial charge in [-0.1, -0.05) is 31.1 Å². The quantitative estimate of drug-likeness (QED) is 0.530. The van der Waals surface area contributed by atoms with Gasteiger partial charge in [0.05, 0.1) is 17.6 Å². The van der Waals surface area contributed by atoms with Crippen LogP contribution >= 0.6 is 0 Å². The van der Waals surface area contributed by atoms with Crippen molar-refractivity contribution in [2.75, 3.05) is 6.54 Å². The number of hydrogen-bond acceptors (Lipinski definition) is 7. The predicted molar refractivity (Wildman–Crippen MR) is 104 cm³/mol. The van der Waals surface area contributed by atoms with Crippen LogP contribution in [0.5, 0.6) is 0 Å². The fourth-order valence-electron chi connectivity index (χ4n) is 2.54. The summed E-state index contributed by atoms with van der Waals surface area (Å²) in [5.74, 6) is 0.711. The molecule has 9 heteroatoms. The summed E-state index contributed by atoms with van der Waals surface area (Å²) in [5.41, 5.74) is 1.48. The third kappa shape index (κ3) is 5.55. The predicted octanol–water partition coefficient (Wildman–Crippen LogP) is 3.47. The average Bonchev–Trinajstić information content (AvgIpc) is 3.38. The zero-order valence-corrected chi connectivity index (χ0v) is 16.9. The maximum absolute atomic E-state index is 12.3. The van der Waals surface area contributed by atoms with Gasteiger partial charge >= 0.3 is 5.97 Å². The van der Waals surface area contributed by atoms with Gasteiger partial charge in [-0.25, -0.2) is 13.1 Å². The monoisotopic (exact) mass is 418 g/mol. The van der Waals surface area contributed by atoms with Crippen LogP contribution in [0.4, 0.5) is 0 Å². The van der Waals surface area contributed by atoms with E-state index in [1.807, 2.05) is 13.8 Å². The Kier molecular flexibility index (Phi) is 6.50. The van der Waals surface area contributed by atoms with E-state index in [-0.39, 0.29) is 24.5 Å². The van der Waals surface area contributed by atoms with Gasteiger partial charge in [-0.2, -0.15) is 0 Å². The lowest BCUT2D eigenvalue weighted by Crippen LogP contribution is -2.26. The topological polar surface area (TPSA) is 112 Å². The van der Waals surface area contributed by atoms with Crippen molar-refractivity contribution >= 4 is 16.0 Å². The Morgan fingerprint density at radius 3 is 2.59 bits per heavy atom. The standard InChI is InChI=1S/C20H22N2O6S/c1-14(2)15-5-7-17(8-6-15)29(24,25)21-10-9-20(23)27-13-16-12-19(28-22-16)18-4-3-11-26-18/h3-8,11-12,14,21H,9-10,13H2,1-2H3. The zero-order chi connectivity index (χ0) is 20.9. The van der Waals surface area contributed by atoms with Crippen molar-refractivity contribution in [2.24, 2.45) is 0 Å². The minimum Gasteiger partial charge on any atom is -0.461 e. The van der Waals surface area contributed by atoms with Gasteiger partial charge in [0.25, 0.3) is 0 Å². The molecule has 0 saturated heterocycles. The fourth-order valence-corrected chi connectivity index (χ4v) is 3.58.